The molecule has 3 rings (SSSR count). The third-order valence-electron chi connectivity index (χ3n) is 3.62. The first kappa shape index (κ1) is 14.9. The maximum Gasteiger partial charge on any atom is 0.317 e. The van der Waals surface area contributed by atoms with E-state index in [2.05, 4.69) is 10.3 Å². The Kier molecular flexibility index (Phi) is 4.31. The summed E-state index contributed by atoms with van der Waals surface area (Å²) in [5.74, 6) is 0.414. The summed E-state index contributed by atoms with van der Waals surface area (Å²) in [7, 11) is 0. The van der Waals surface area contributed by atoms with Crippen LogP contribution in [-0.2, 0) is 11.3 Å². The van der Waals surface area contributed by atoms with E-state index in [-0.39, 0.29) is 6.03 Å². The first-order valence-electron chi connectivity index (χ1n) is 7.08. The Labute approximate surface area is 133 Å². The smallest absolute Gasteiger partial charge is 0.317 e. The van der Waals surface area contributed by atoms with Gasteiger partial charge in [-0.3, -0.25) is 0 Å². The molecule has 0 radical (unpaired) electrons. The number of carbonyl (C=O) groups excluding carboxylic acids is 1. The number of aromatic nitrogens is 1. The minimum Gasteiger partial charge on any atom is -0.383 e. The lowest BCUT2D eigenvalue weighted by molar-refractivity contribution is 0.0531. The van der Waals surface area contributed by atoms with Crippen LogP contribution in [0.5, 0.6) is 0 Å². The molecule has 1 aromatic heterocycles. The van der Waals surface area contributed by atoms with E-state index < -0.39 is 0 Å². The van der Waals surface area contributed by atoms with Gasteiger partial charge in [0.1, 0.15) is 5.82 Å². The number of benzene rings is 1. The van der Waals surface area contributed by atoms with E-state index in [1.165, 1.54) is 0 Å². The number of nitrogens with one attached hydrogen (secondary N) is 1. The van der Waals surface area contributed by atoms with E-state index in [1.54, 1.807) is 11.0 Å². The molecule has 2 amide bonds. The fourth-order valence-corrected chi connectivity index (χ4v) is 2.58. The Bertz CT molecular complexity index is 701. The number of pyridine rings is 1. The lowest BCUT2D eigenvalue weighted by Gasteiger charge is -2.27. The van der Waals surface area contributed by atoms with Crippen molar-refractivity contribution >= 4 is 34.4 Å². The molecule has 7 heteroatoms. The van der Waals surface area contributed by atoms with Crippen LogP contribution in [0.1, 0.15) is 5.56 Å². The maximum absolute atomic E-state index is 12.1. The molecule has 1 saturated heterocycles. The number of rotatable bonds is 2. The molecular weight excluding hydrogens is 304 g/mol. The van der Waals surface area contributed by atoms with Gasteiger partial charge in [-0.05, 0) is 24.3 Å². The molecule has 22 heavy (non-hydrogen) atoms. The van der Waals surface area contributed by atoms with E-state index in [4.69, 9.17) is 22.1 Å². The molecule has 0 bridgehead atoms. The number of halogens is 1. The van der Waals surface area contributed by atoms with E-state index in [1.807, 2.05) is 18.2 Å². The summed E-state index contributed by atoms with van der Waals surface area (Å²) in [6.45, 7) is 2.69. The van der Waals surface area contributed by atoms with Crippen molar-refractivity contribution in [1.29, 1.82) is 0 Å². The molecule has 2 heterocycles. The normalized spacial score (nSPS) is 15.0. The third kappa shape index (κ3) is 3.23. The Morgan fingerprint density at radius 3 is 2.91 bits per heavy atom. The average Bonchev–Trinajstić information content (AvgIpc) is 2.54. The molecule has 116 valence electrons. The van der Waals surface area contributed by atoms with Gasteiger partial charge in [-0.15, -0.1) is 0 Å². The third-order valence-corrected chi connectivity index (χ3v) is 3.85. The molecular formula is C15H17ClN4O2. The summed E-state index contributed by atoms with van der Waals surface area (Å²) in [5.41, 5.74) is 7.52. The highest BCUT2D eigenvalue weighted by Gasteiger charge is 2.16. The fraction of sp³-hybridized carbons (Fsp3) is 0.333. The van der Waals surface area contributed by atoms with Crippen LogP contribution in [0, 0.1) is 0 Å². The number of hydrogen-bond acceptors (Lipinski definition) is 4. The van der Waals surface area contributed by atoms with Crippen LogP contribution in [0.4, 0.5) is 10.6 Å². The lowest BCUT2D eigenvalue weighted by Crippen LogP contribution is -2.45. The first-order chi connectivity index (χ1) is 10.6. The van der Waals surface area contributed by atoms with Gasteiger partial charge in [0, 0.05) is 35.6 Å². The minimum atomic E-state index is -0.117. The Morgan fingerprint density at radius 2 is 2.14 bits per heavy atom. The number of fused-ring (bicyclic) bond motifs is 1. The summed E-state index contributed by atoms with van der Waals surface area (Å²) in [4.78, 5) is 18.1. The number of urea groups is 1. The van der Waals surface area contributed by atoms with Crippen molar-refractivity contribution in [1.82, 2.24) is 15.2 Å². The number of morpholine rings is 1. The number of amides is 2. The van der Waals surface area contributed by atoms with Gasteiger partial charge < -0.3 is 20.7 Å². The maximum atomic E-state index is 12.1. The van der Waals surface area contributed by atoms with Crippen LogP contribution in [-0.4, -0.2) is 42.2 Å². The highest BCUT2D eigenvalue weighted by Crippen LogP contribution is 2.22. The predicted octanol–water partition coefficient (Wildman–Crippen LogP) is 2.01. The van der Waals surface area contributed by atoms with Crippen molar-refractivity contribution in [2.75, 3.05) is 32.0 Å². The van der Waals surface area contributed by atoms with Crippen molar-refractivity contribution < 1.29 is 9.53 Å². The van der Waals surface area contributed by atoms with Crippen molar-refractivity contribution in [3.05, 3.63) is 34.9 Å². The summed E-state index contributed by atoms with van der Waals surface area (Å²) in [5, 5.41) is 4.41. The number of ether oxygens (including phenoxy) is 1. The van der Waals surface area contributed by atoms with Crippen LogP contribution in [0.2, 0.25) is 5.02 Å². The molecule has 0 aliphatic carbocycles. The van der Waals surface area contributed by atoms with Crippen molar-refractivity contribution in [2.24, 2.45) is 0 Å². The average molecular weight is 321 g/mol. The van der Waals surface area contributed by atoms with E-state index in [9.17, 15) is 4.79 Å². The second-order valence-electron chi connectivity index (χ2n) is 5.13. The van der Waals surface area contributed by atoms with Gasteiger partial charge in [-0.1, -0.05) is 11.6 Å². The van der Waals surface area contributed by atoms with Crippen LogP contribution >= 0.6 is 11.6 Å². The standard InChI is InChI=1S/C15H17ClN4O2/c16-12-1-2-13-10(8-12)7-11(14(17)19-13)9-18-15(21)20-3-5-22-6-4-20/h1-2,7-8H,3-6,9H2,(H2,17,19)(H,18,21). The van der Waals surface area contributed by atoms with Gasteiger partial charge in [0.2, 0.25) is 0 Å². The number of nitrogen functional groups attached to an aromatic ring is 1. The number of carbonyl (C=O) groups is 1. The molecule has 6 nitrogen and oxygen atoms in total. The summed E-state index contributed by atoms with van der Waals surface area (Å²) >= 11 is 5.99. The minimum absolute atomic E-state index is 0.117. The van der Waals surface area contributed by atoms with Crippen molar-refractivity contribution in [3.63, 3.8) is 0 Å². The molecule has 0 spiro atoms. The number of nitrogens with zero attached hydrogens (tertiary/aromatic N) is 2. The zero-order valence-corrected chi connectivity index (χ0v) is 12.8. The SMILES string of the molecule is Nc1nc2ccc(Cl)cc2cc1CNC(=O)N1CCOCC1. The quantitative estimate of drug-likeness (QED) is 0.887. The van der Waals surface area contributed by atoms with Crippen molar-refractivity contribution in [2.45, 2.75) is 6.54 Å². The van der Waals surface area contributed by atoms with E-state index >= 15 is 0 Å². The number of nitrogens with two attached hydrogens (primary N) is 1. The molecule has 0 unspecified atom stereocenters. The highest BCUT2D eigenvalue weighted by atomic mass is 35.5. The van der Waals surface area contributed by atoms with Gasteiger partial charge in [-0.2, -0.15) is 0 Å². The van der Waals surface area contributed by atoms with E-state index in [0.717, 1.165) is 16.5 Å². The van der Waals surface area contributed by atoms with Gasteiger partial charge in [-0.25, -0.2) is 9.78 Å². The second-order valence-corrected chi connectivity index (χ2v) is 5.56. The first-order valence-corrected chi connectivity index (χ1v) is 7.46. The largest absolute Gasteiger partial charge is 0.383 e. The van der Waals surface area contributed by atoms with Crippen LogP contribution in [0.3, 0.4) is 0 Å². The molecule has 3 N–H and O–H groups in total. The summed E-state index contributed by atoms with van der Waals surface area (Å²) in [6, 6.07) is 7.22. The van der Waals surface area contributed by atoms with Gasteiger partial charge in [0.15, 0.2) is 0 Å². The zero-order valence-electron chi connectivity index (χ0n) is 12.0. The highest BCUT2D eigenvalue weighted by molar-refractivity contribution is 6.31. The molecule has 0 atom stereocenters. The summed E-state index contributed by atoms with van der Waals surface area (Å²) in [6.07, 6.45) is 0. The van der Waals surface area contributed by atoms with Gasteiger partial charge >= 0.3 is 6.03 Å². The Balaban J connectivity index is 1.72. The molecule has 1 fully saturated rings. The Hall–Kier alpha value is -2.05. The second kappa shape index (κ2) is 6.37. The molecule has 1 aromatic carbocycles. The number of hydrogen-bond donors (Lipinski definition) is 2. The van der Waals surface area contributed by atoms with E-state index in [0.29, 0.717) is 43.7 Å². The number of anilines is 1. The molecule has 0 saturated carbocycles. The lowest BCUT2D eigenvalue weighted by atomic mass is 10.1. The van der Waals surface area contributed by atoms with Crippen LogP contribution in [0.15, 0.2) is 24.3 Å². The van der Waals surface area contributed by atoms with Crippen molar-refractivity contribution in [3.8, 4) is 0 Å². The molecule has 1 aliphatic rings. The zero-order chi connectivity index (χ0) is 15.5. The summed E-state index contributed by atoms with van der Waals surface area (Å²) < 4.78 is 5.23. The van der Waals surface area contributed by atoms with Gasteiger partial charge in [0.25, 0.3) is 0 Å². The predicted molar refractivity (Wildman–Crippen MR) is 85.8 cm³/mol. The monoisotopic (exact) mass is 320 g/mol. The fourth-order valence-electron chi connectivity index (χ4n) is 2.40. The van der Waals surface area contributed by atoms with Gasteiger partial charge in [0.05, 0.1) is 18.7 Å². The topological polar surface area (TPSA) is 80.5 Å². The van der Waals surface area contributed by atoms with Crippen LogP contribution < -0.4 is 11.1 Å². The molecule has 1 aliphatic heterocycles. The van der Waals surface area contributed by atoms with Crippen LogP contribution in [0.25, 0.3) is 10.9 Å². The Morgan fingerprint density at radius 1 is 1.36 bits per heavy atom. The molecule has 2 aromatic rings.